The number of halogens is 4. The summed E-state index contributed by atoms with van der Waals surface area (Å²) >= 11 is 0. The lowest BCUT2D eigenvalue weighted by molar-refractivity contribution is -0.274. The molecule has 1 heterocycles. The molecule has 1 aromatic carbocycles. The summed E-state index contributed by atoms with van der Waals surface area (Å²) in [6, 6.07) is 5.90. The zero-order chi connectivity index (χ0) is 16.7. The van der Waals surface area contributed by atoms with Crippen molar-refractivity contribution in [3.8, 4) is 5.75 Å². The largest absolute Gasteiger partial charge is 0.573 e. The Balaban J connectivity index is 0.00000288. The highest BCUT2D eigenvalue weighted by atomic mass is 35.5. The summed E-state index contributed by atoms with van der Waals surface area (Å²) < 4.78 is 41.0. The predicted molar refractivity (Wildman–Crippen MR) is 87.3 cm³/mol. The summed E-state index contributed by atoms with van der Waals surface area (Å²) in [7, 11) is 0. The standard InChI is InChI=1S/C16H21F3N2O2.ClH/c17-16(18,19)23-14-4-2-1-3-13(14)5-6-15(22)21-10-8-12-7-9-20-11-12;/h1-4,12,20H,5-11H2,(H,21,22);1H. The van der Waals surface area contributed by atoms with Gasteiger partial charge in [-0.2, -0.15) is 0 Å². The number of hydrogen-bond acceptors (Lipinski definition) is 3. The third-order valence-corrected chi connectivity index (χ3v) is 3.86. The zero-order valence-corrected chi connectivity index (χ0v) is 14.0. The Kier molecular flexibility index (Phi) is 8.35. The highest BCUT2D eigenvalue weighted by Gasteiger charge is 2.31. The van der Waals surface area contributed by atoms with Gasteiger partial charge in [0.1, 0.15) is 5.75 Å². The van der Waals surface area contributed by atoms with Crippen LogP contribution < -0.4 is 15.4 Å². The lowest BCUT2D eigenvalue weighted by Gasteiger charge is -2.13. The molecular weight excluding hydrogens is 345 g/mol. The first-order chi connectivity index (χ1) is 10.9. The number of carbonyl (C=O) groups is 1. The quantitative estimate of drug-likeness (QED) is 0.779. The Morgan fingerprint density at radius 1 is 1.33 bits per heavy atom. The first-order valence-corrected chi connectivity index (χ1v) is 7.75. The SMILES string of the molecule is Cl.O=C(CCc1ccccc1OC(F)(F)F)NCCC1CCNC1. The minimum Gasteiger partial charge on any atom is -0.406 e. The molecule has 0 saturated carbocycles. The maximum absolute atomic E-state index is 12.3. The van der Waals surface area contributed by atoms with Crippen LogP contribution in [0.5, 0.6) is 5.75 Å². The van der Waals surface area contributed by atoms with Crippen molar-refractivity contribution in [3.05, 3.63) is 29.8 Å². The number of alkyl halides is 3. The normalized spacial score (nSPS) is 17.2. The van der Waals surface area contributed by atoms with Gasteiger partial charge in [0.2, 0.25) is 5.91 Å². The van der Waals surface area contributed by atoms with E-state index in [0.717, 1.165) is 25.9 Å². The van der Waals surface area contributed by atoms with E-state index in [4.69, 9.17) is 0 Å². The molecule has 0 aromatic heterocycles. The van der Waals surface area contributed by atoms with Gasteiger partial charge in [-0.05, 0) is 49.9 Å². The van der Waals surface area contributed by atoms with Crippen molar-refractivity contribution >= 4 is 18.3 Å². The predicted octanol–water partition coefficient (Wildman–Crippen LogP) is 3.06. The van der Waals surface area contributed by atoms with Gasteiger partial charge in [0.15, 0.2) is 0 Å². The van der Waals surface area contributed by atoms with Crippen molar-refractivity contribution in [2.24, 2.45) is 5.92 Å². The molecule has 0 spiro atoms. The maximum Gasteiger partial charge on any atom is 0.573 e. The topological polar surface area (TPSA) is 50.4 Å². The van der Waals surface area contributed by atoms with E-state index < -0.39 is 6.36 Å². The average molecular weight is 367 g/mol. The second-order valence-corrected chi connectivity index (χ2v) is 5.65. The number of benzene rings is 1. The molecule has 2 rings (SSSR count). The van der Waals surface area contributed by atoms with Gasteiger partial charge < -0.3 is 15.4 Å². The number of aryl methyl sites for hydroxylation is 1. The van der Waals surface area contributed by atoms with Crippen LogP contribution in [0.2, 0.25) is 0 Å². The fraction of sp³-hybridized carbons (Fsp3) is 0.562. The number of rotatable bonds is 7. The van der Waals surface area contributed by atoms with Gasteiger partial charge in [0.25, 0.3) is 0 Å². The third kappa shape index (κ3) is 7.40. The van der Waals surface area contributed by atoms with Crippen LogP contribution in [-0.4, -0.2) is 31.9 Å². The number of carbonyl (C=O) groups excluding carboxylic acids is 1. The van der Waals surface area contributed by atoms with Crippen LogP contribution >= 0.6 is 12.4 Å². The third-order valence-electron chi connectivity index (χ3n) is 3.86. The maximum atomic E-state index is 12.3. The van der Waals surface area contributed by atoms with E-state index in [1.165, 1.54) is 12.1 Å². The molecule has 24 heavy (non-hydrogen) atoms. The first kappa shape index (κ1) is 20.6. The van der Waals surface area contributed by atoms with Gasteiger partial charge in [0.05, 0.1) is 0 Å². The van der Waals surface area contributed by atoms with Crippen molar-refractivity contribution in [1.82, 2.24) is 10.6 Å². The Morgan fingerprint density at radius 2 is 2.08 bits per heavy atom. The molecule has 8 heteroatoms. The number of amides is 1. The summed E-state index contributed by atoms with van der Waals surface area (Å²) in [4.78, 5) is 11.8. The van der Waals surface area contributed by atoms with Crippen molar-refractivity contribution in [2.45, 2.75) is 32.0 Å². The summed E-state index contributed by atoms with van der Waals surface area (Å²) in [5.74, 6) is 0.193. The van der Waals surface area contributed by atoms with Crippen LogP contribution in [0.25, 0.3) is 0 Å². The fourth-order valence-corrected chi connectivity index (χ4v) is 2.65. The Hall–Kier alpha value is -1.47. The monoisotopic (exact) mass is 366 g/mol. The van der Waals surface area contributed by atoms with Crippen LogP contribution in [0, 0.1) is 5.92 Å². The van der Waals surface area contributed by atoms with E-state index >= 15 is 0 Å². The van der Waals surface area contributed by atoms with Crippen LogP contribution in [0.15, 0.2) is 24.3 Å². The molecule has 0 bridgehead atoms. The summed E-state index contributed by atoms with van der Waals surface area (Å²) in [5.41, 5.74) is 0.375. The smallest absolute Gasteiger partial charge is 0.406 e. The van der Waals surface area contributed by atoms with Gasteiger partial charge in [-0.1, -0.05) is 18.2 Å². The number of nitrogens with one attached hydrogen (secondary N) is 2. The van der Waals surface area contributed by atoms with Gasteiger partial charge in [-0.3, -0.25) is 4.79 Å². The molecule has 1 fully saturated rings. The molecule has 4 nitrogen and oxygen atoms in total. The van der Waals surface area contributed by atoms with E-state index in [1.807, 2.05) is 0 Å². The Labute approximate surface area is 145 Å². The molecule has 1 saturated heterocycles. The van der Waals surface area contributed by atoms with Crippen LogP contribution in [-0.2, 0) is 11.2 Å². The molecule has 1 aromatic rings. The minimum atomic E-state index is -4.73. The van der Waals surface area contributed by atoms with Crippen molar-refractivity contribution in [3.63, 3.8) is 0 Å². The Bertz CT molecular complexity index is 520. The molecule has 0 aliphatic carbocycles. The van der Waals surface area contributed by atoms with E-state index in [9.17, 15) is 18.0 Å². The first-order valence-electron chi connectivity index (χ1n) is 7.75. The summed E-state index contributed by atoms with van der Waals surface area (Å²) in [6.45, 7) is 2.61. The second kappa shape index (κ2) is 9.74. The van der Waals surface area contributed by atoms with E-state index in [-0.39, 0.29) is 36.9 Å². The molecule has 1 unspecified atom stereocenters. The summed E-state index contributed by atoms with van der Waals surface area (Å²) in [5, 5.41) is 6.08. The lowest BCUT2D eigenvalue weighted by Crippen LogP contribution is -2.26. The fourth-order valence-electron chi connectivity index (χ4n) is 2.65. The van der Waals surface area contributed by atoms with Gasteiger partial charge in [-0.25, -0.2) is 0 Å². The van der Waals surface area contributed by atoms with E-state index in [2.05, 4.69) is 15.4 Å². The van der Waals surface area contributed by atoms with E-state index in [1.54, 1.807) is 12.1 Å². The summed E-state index contributed by atoms with van der Waals surface area (Å²) in [6.07, 6.45) is -2.33. The van der Waals surface area contributed by atoms with E-state index in [0.29, 0.717) is 18.0 Å². The van der Waals surface area contributed by atoms with Crippen molar-refractivity contribution in [1.29, 1.82) is 0 Å². The van der Waals surface area contributed by atoms with Crippen LogP contribution in [0.1, 0.15) is 24.8 Å². The van der Waals surface area contributed by atoms with Gasteiger partial charge in [-0.15, -0.1) is 25.6 Å². The number of hydrogen-bond donors (Lipinski definition) is 2. The minimum absolute atomic E-state index is 0. The molecule has 0 radical (unpaired) electrons. The number of para-hydroxylation sites is 1. The molecule has 1 aliphatic rings. The highest BCUT2D eigenvalue weighted by Crippen LogP contribution is 2.26. The Morgan fingerprint density at radius 3 is 2.75 bits per heavy atom. The molecule has 1 atom stereocenters. The van der Waals surface area contributed by atoms with Crippen molar-refractivity contribution < 1.29 is 22.7 Å². The average Bonchev–Trinajstić information content (AvgIpc) is 2.98. The molecule has 136 valence electrons. The van der Waals surface area contributed by atoms with Crippen LogP contribution in [0.4, 0.5) is 13.2 Å². The number of ether oxygens (including phenoxy) is 1. The van der Waals surface area contributed by atoms with Crippen LogP contribution in [0.3, 0.4) is 0 Å². The molecule has 1 amide bonds. The second-order valence-electron chi connectivity index (χ2n) is 5.65. The van der Waals surface area contributed by atoms with Gasteiger partial charge in [0, 0.05) is 13.0 Å². The highest BCUT2D eigenvalue weighted by molar-refractivity contribution is 5.85. The molecular formula is C16H22ClF3N2O2. The lowest BCUT2D eigenvalue weighted by atomic mass is 10.1. The molecule has 1 aliphatic heterocycles. The molecule has 2 N–H and O–H groups in total. The van der Waals surface area contributed by atoms with Gasteiger partial charge >= 0.3 is 6.36 Å². The van der Waals surface area contributed by atoms with Crippen molar-refractivity contribution in [2.75, 3.05) is 19.6 Å². The zero-order valence-electron chi connectivity index (χ0n) is 13.2.